The summed E-state index contributed by atoms with van der Waals surface area (Å²) in [4.78, 5) is 17.4. The standard InChI is InChI=1S/C24H22N4O/c1-16-7-4-10-19(13-16)23-26-22(24(29)25-20-11-5-8-17(2)14-20)27-28(23)21-12-6-9-18(3)15-21/h4-15H,1-3H3,(H,25,29). The van der Waals surface area contributed by atoms with Gasteiger partial charge in [-0.2, -0.15) is 0 Å². The molecule has 1 heterocycles. The molecule has 5 nitrogen and oxygen atoms in total. The smallest absolute Gasteiger partial charge is 0.295 e. The molecule has 0 bridgehead atoms. The number of nitrogens with zero attached hydrogens (tertiary/aromatic N) is 3. The molecule has 0 aliphatic rings. The minimum Gasteiger partial charge on any atom is -0.319 e. The van der Waals surface area contributed by atoms with Gasteiger partial charge in [0.2, 0.25) is 5.82 Å². The molecule has 144 valence electrons. The number of carbonyl (C=O) groups excluding carboxylic acids is 1. The van der Waals surface area contributed by atoms with Crippen molar-refractivity contribution in [1.82, 2.24) is 14.8 Å². The molecule has 1 aromatic heterocycles. The number of aryl methyl sites for hydroxylation is 3. The molecule has 0 aliphatic heterocycles. The summed E-state index contributed by atoms with van der Waals surface area (Å²) < 4.78 is 1.73. The molecule has 4 aromatic rings. The molecule has 0 atom stereocenters. The van der Waals surface area contributed by atoms with Crippen LogP contribution < -0.4 is 5.32 Å². The molecule has 0 fully saturated rings. The van der Waals surface area contributed by atoms with Gasteiger partial charge in [0.25, 0.3) is 5.91 Å². The first-order valence-corrected chi connectivity index (χ1v) is 9.49. The number of aromatic nitrogens is 3. The van der Waals surface area contributed by atoms with Gasteiger partial charge in [-0.05, 0) is 62.2 Å². The average Bonchev–Trinajstić information content (AvgIpc) is 3.14. The zero-order valence-corrected chi connectivity index (χ0v) is 16.7. The Hall–Kier alpha value is -3.73. The first kappa shape index (κ1) is 18.6. The Balaban J connectivity index is 1.78. The van der Waals surface area contributed by atoms with Gasteiger partial charge in [-0.15, -0.1) is 5.10 Å². The molecule has 0 saturated carbocycles. The van der Waals surface area contributed by atoms with Gasteiger partial charge >= 0.3 is 0 Å². The molecule has 1 N–H and O–H groups in total. The van der Waals surface area contributed by atoms with Crippen molar-refractivity contribution in [2.24, 2.45) is 0 Å². The van der Waals surface area contributed by atoms with Crippen LogP contribution in [0.4, 0.5) is 5.69 Å². The molecule has 3 aromatic carbocycles. The van der Waals surface area contributed by atoms with Gasteiger partial charge in [0.15, 0.2) is 5.82 Å². The van der Waals surface area contributed by atoms with E-state index in [0.29, 0.717) is 5.82 Å². The molecule has 1 amide bonds. The van der Waals surface area contributed by atoms with Crippen LogP contribution in [0.5, 0.6) is 0 Å². The van der Waals surface area contributed by atoms with Crippen molar-refractivity contribution in [1.29, 1.82) is 0 Å². The Kier molecular flexibility index (Phi) is 4.96. The zero-order chi connectivity index (χ0) is 20.4. The van der Waals surface area contributed by atoms with E-state index < -0.39 is 0 Å². The highest BCUT2D eigenvalue weighted by atomic mass is 16.2. The predicted molar refractivity (Wildman–Crippen MR) is 115 cm³/mol. The number of benzene rings is 3. The first-order chi connectivity index (χ1) is 14.0. The minimum absolute atomic E-state index is 0.129. The second-order valence-corrected chi connectivity index (χ2v) is 7.20. The Morgan fingerprint density at radius 2 is 1.48 bits per heavy atom. The lowest BCUT2D eigenvalue weighted by atomic mass is 10.1. The molecule has 0 unspecified atom stereocenters. The molecule has 0 saturated heterocycles. The minimum atomic E-state index is -0.337. The van der Waals surface area contributed by atoms with E-state index in [4.69, 9.17) is 0 Å². The van der Waals surface area contributed by atoms with Crippen LogP contribution in [0, 0.1) is 20.8 Å². The van der Waals surface area contributed by atoms with Gasteiger partial charge in [-0.3, -0.25) is 4.79 Å². The third kappa shape index (κ3) is 4.09. The quantitative estimate of drug-likeness (QED) is 0.533. The second kappa shape index (κ2) is 7.72. The van der Waals surface area contributed by atoms with Gasteiger partial charge in [0, 0.05) is 11.3 Å². The average molecular weight is 382 g/mol. The zero-order valence-electron chi connectivity index (χ0n) is 16.7. The van der Waals surface area contributed by atoms with E-state index >= 15 is 0 Å². The number of carbonyl (C=O) groups is 1. The number of hydrogen-bond donors (Lipinski definition) is 1. The van der Waals surface area contributed by atoms with Gasteiger partial charge in [-0.25, -0.2) is 9.67 Å². The van der Waals surface area contributed by atoms with Crippen LogP contribution in [-0.4, -0.2) is 20.7 Å². The van der Waals surface area contributed by atoms with E-state index in [1.165, 1.54) is 0 Å². The van der Waals surface area contributed by atoms with E-state index in [2.05, 4.69) is 15.4 Å². The Morgan fingerprint density at radius 1 is 0.828 bits per heavy atom. The third-order valence-corrected chi connectivity index (χ3v) is 4.61. The second-order valence-electron chi connectivity index (χ2n) is 7.20. The Labute approximate surface area is 170 Å². The monoisotopic (exact) mass is 382 g/mol. The summed E-state index contributed by atoms with van der Waals surface area (Å²) in [5, 5.41) is 7.43. The molecule has 0 radical (unpaired) electrons. The van der Waals surface area contributed by atoms with E-state index in [1.54, 1.807) is 4.68 Å². The topological polar surface area (TPSA) is 59.8 Å². The van der Waals surface area contributed by atoms with Gasteiger partial charge < -0.3 is 5.32 Å². The van der Waals surface area contributed by atoms with Crippen molar-refractivity contribution >= 4 is 11.6 Å². The number of hydrogen-bond acceptors (Lipinski definition) is 3. The van der Waals surface area contributed by atoms with E-state index in [1.807, 2.05) is 93.6 Å². The van der Waals surface area contributed by atoms with E-state index in [-0.39, 0.29) is 11.7 Å². The summed E-state index contributed by atoms with van der Waals surface area (Å²) in [7, 11) is 0. The predicted octanol–water partition coefficient (Wildman–Crippen LogP) is 5.11. The van der Waals surface area contributed by atoms with Crippen molar-refractivity contribution in [2.75, 3.05) is 5.32 Å². The molecular formula is C24H22N4O. The summed E-state index contributed by atoms with van der Waals surface area (Å²) >= 11 is 0. The summed E-state index contributed by atoms with van der Waals surface area (Å²) in [6.45, 7) is 6.04. The number of rotatable bonds is 4. The lowest BCUT2D eigenvalue weighted by Crippen LogP contribution is -2.14. The summed E-state index contributed by atoms with van der Waals surface area (Å²) in [5.74, 6) is 0.425. The molecule has 29 heavy (non-hydrogen) atoms. The highest BCUT2D eigenvalue weighted by molar-refractivity contribution is 6.01. The van der Waals surface area contributed by atoms with Gasteiger partial charge in [0.05, 0.1) is 5.69 Å². The number of nitrogens with one attached hydrogen (secondary N) is 1. The Morgan fingerprint density at radius 3 is 2.17 bits per heavy atom. The SMILES string of the molecule is Cc1cccc(NC(=O)c2nc(-c3cccc(C)c3)n(-c3cccc(C)c3)n2)c1. The highest BCUT2D eigenvalue weighted by Gasteiger charge is 2.19. The van der Waals surface area contributed by atoms with Crippen LogP contribution in [0.25, 0.3) is 17.1 Å². The van der Waals surface area contributed by atoms with Crippen LogP contribution in [0.1, 0.15) is 27.3 Å². The molecule has 5 heteroatoms. The summed E-state index contributed by atoms with van der Waals surface area (Å²) in [6, 6.07) is 23.7. The normalized spacial score (nSPS) is 10.7. The summed E-state index contributed by atoms with van der Waals surface area (Å²) in [5.41, 5.74) is 5.80. The summed E-state index contributed by atoms with van der Waals surface area (Å²) in [6.07, 6.45) is 0. The third-order valence-electron chi connectivity index (χ3n) is 4.61. The van der Waals surface area contributed by atoms with Gasteiger partial charge in [-0.1, -0.05) is 48.0 Å². The van der Waals surface area contributed by atoms with Crippen molar-refractivity contribution in [3.05, 3.63) is 95.3 Å². The van der Waals surface area contributed by atoms with Crippen molar-refractivity contribution < 1.29 is 4.79 Å². The molecule has 0 spiro atoms. The maximum atomic E-state index is 12.8. The fraction of sp³-hybridized carbons (Fsp3) is 0.125. The van der Waals surface area contributed by atoms with E-state index in [0.717, 1.165) is 33.6 Å². The van der Waals surface area contributed by atoms with Crippen LogP contribution in [0.15, 0.2) is 72.8 Å². The highest BCUT2D eigenvalue weighted by Crippen LogP contribution is 2.23. The molecule has 4 rings (SSSR count). The fourth-order valence-corrected chi connectivity index (χ4v) is 3.23. The lowest BCUT2D eigenvalue weighted by Gasteiger charge is -2.07. The van der Waals surface area contributed by atoms with Crippen molar-refractivity contribution in [2.45, 2.75) is 20.8 Å². The van der Waals surface area contributed by atoms with Gasteiger partial charge in [0.1, 0.15) is 0 Å². The number of amides is 1. The van der Waals surface area contributed by atoms with Crippen LogP contribution in [0.3, 0.4) is 0 Å². The maximum absolute atomic E-state index is 12.8. The number of anilines is 1. The Bertz CT molecular complexity index is 1130. The largest absolute Gasteiger partial charge is 0.319 e. The van der Waals surface area contributed by atoms with Crippen LogP contribution >= 0.6 is 0 Å². The maximum Gasteiger partial charge on any atom is 0.295 e. The van der Waals surface area contributed by atoms with Crippen molar-refractivity contribution in [3.63, 3.8) is 0 Å². The van der Waals surface area contributed by atoms with Crippen LogP contribution in [0.2, 0.25) is 0 Å². The van der Waals surface area contributed by atoms with E-state index in [9.17, 15) is 4.79 Å². The lowest BCUT2D eigenvalue weighted by molar-refractivity contribution is 0.101. The first-order valence-electron chi connectivity index (χ1n) is 9.49. The molecule has 0 aliphatic carbocycles. The fourth-order valence-electron chi connectivity index (χ4n) is 3.23. The van der Waals surface area contributed by atoms with Crippen LogP contribution in [-0.2, 0) is 0 Å². The molecular weight excluding hydrogens is 360 g/mol. The van der Waals surface area contributed by atoms with Crippen molar-refractivity contribution in [3.8, 4) is 17.1 Å².